The van der Waals surface area contributed by atoms with E-state index in [1.54, 1.807) is 18.2 Å². The van der Waals surface area contributed by atoms with Gasteiger partial charge in [-0.3, -0.25) is 9.47 Å². The first-order valence-electron chi connectivity index (χ1n) is 8.30. The van der Waals surface area contributed by atoms with Gasteiger partial charge in [-0.2, -0.15) is 8.78 Å². The quantitative estimate of drug-likeness (QED) is 0.886. The van der Waals surface area contributed by atoms with Gasteiger partial charge >= 0.3 is 6.55 Å². The van der Waals surface area contributed by atoms with Crippen LogP contribution in [0.25, 0.3) is 11.0 Å². The molecule has 2 aromatic rings. The molecule has 126 valence electrons. The molecule has 1 aromatic carbocycles. The lowest BCUT2D eigenvalue weighted by molar-refractivity contribution is 0.0666. The highest BCUT2D eigenvalue weighted by atomic mass is 19.3. The summed E-state index contributed by atoms with van der Waals surface area (Å²) >= 11 is 0. The molecular weight excluding hydrogens is 298 g/mol. The lowest BCUT2D eigenvalue weighted by Gasteiger charge is -2.31. The zero-order valence-electron chi connectivity index (χ0n) is 13.5. The van der Waals surface area contributed by atoms with E-state index in [0.29, 0.717) is 23.4 Å². The van der Waals surface area contributed by atoms with E-state index in [-0.39, 0.29) is 0 Å². The van der Waals surface area contributed by atoms with Crippen LogP contribution in [-0.2, 0) is 6.54 Å². The summed E-state index contributed by atoms with van der Waals surface area (Å²) in [6.07, 6.45) is 3.47. The fraction of sp³-hybridized carbons (Fsp3) is 0.588. The molecule has 1 aromatic heterocycles. The Kier molecular flexibility index (Phi) is 5.23. The van der Waals surface area contributed by atoms with Crippen LogP contribution in [0.5, 0.6) is 0 Å². The predicted molar refractivity (Wildman–Crippen MR) is 87.5 cm³/mol. The second-order valence-corrected chi connectivity index (χ2v) is 6.28. The molecule has 0 bridgehead atoms. The first kappa shape index (κ1) is 16.3. The van der Waals surface area contributed by atoms with Crippen molar-refractivity contribution in [2.75, 3.05) is 26.7 Å². The number of hydrogen-bond acceptors (Lipinski definition) is 3. The Labute approximate surface area is 135 Å². The summed E-state index contributed by atoms with van der Waals surface area (Å²) in [4.78, 5) is 6.67. The summed E-state index contributed by atoms with van der Waals surface area (Å²) < 4.78 is 28.0. The van der Waals surface area contributed by atoms with Crippen molar-refractivity contribution in [3.8, 4) is 0 Å². The number of para-hydroxylation sites is 2. The number of aromatic nitrogens is 2. The van der Waals surface area contributed by atoms with Crippen LogP contribution in [0.3, 0.4) is 0 Å². The molecule has 0 amide bonds. The van der Waals surface area contributed by atoms with Gasteiger partial charge in [-0.05, 0) is 64.0 Å². The van der Waals surface area contributed by atoms with E-state index in [4.69, 9.17) is 0 Å². The van der Waals surface area contributed by atoms with E-state index in [2.05, 4.69) is 15.2 Å². The highest BCUT2D eigenvalue weighted by Crippen LogP contribution is 2.26. The summed E-state index contributed by atoms with van der Waals surface area (Å²) in [5, 5.41) is 3.19. The molecule has 0 saturated carbocycles. The minimum atomic E-state index is -2.55. The van der Waals surface area contributed by atoms with Crippen LogP contribution in [-0.4, -0.2) is 41.1 Å². The Morgan fingerprint density at radius 3 is 2.70 bits per heavy atom. The number of likely N-dealkylation sites (tertiary alicyclic amines) is 1. The maximum Gasteiger partial charge on any atom is 0.320 e. The molecular formula is C17H24F2N4. The lowest BCUT2D eigenvalue weighted by atomic mass is 9.93. The van der Waals surface area contributed by atoms with Gasteiger partial charge in [0.15, 0.2) is 0 Å². The standard InChI is InChI=1S/C17H24F2N4/c1-20-9-6-13-7-10-22(11-8-13)12-16-21-14-4-2-3-5-15(14)23(16)17(18)19/h2-5,13,17,20H,6-12H2,1H3. The van der Waals surface area contributed by atoms with Gasteiger partial charge in [0.25, 0.3) is 0 Å². The molecule has 1 aliphatic rings. The number of halogens is 2. The third-order valence-electron chi connectivity index (χ3n) is 4.74. The van der Waals surface area contributed by atoms with Gasteiger partial charge < -0.3 is 5.32 Å². The number of piperidine rings is 1. The van der Waals surface area contributed by atoms with E-state index in [9.17, 15) is 8.78 Å². The van der Waals surface area contributed by atoms with E-state index < -0.39 is 6.55 Å². The SMILES string of the molecule is CNCCC1CCN(Cc2nc3ccccc3n2C(F)F)CC1. The van der Waals surface area contributed by atoms with Crippen LogP contribution >= 0.6 is 0 Å². The maximum atomic E-state index is 13.4. The highest BCUT2D eigenvalue weighted by molar-refractivity contribution is 5.75. The second kappa shape index (κ2) is 7.36. The highest BCUT2D eigenvalue weighted by Gasteiger charge is 2.23. The first-order chi connectivity index (χ1) is 11.2. The van der Waals surface area contributed by atoms with Crippen LogP contribution in [0.1, 0.15) is 31.6 Å². The molecule has 1 saturated heterocycles. The Hall–Kier alpha value is -1.53. The summed E-state index contributed by atoms with van der Waals surface area (Å²) in [7, 11) is 1.98. The Balaban J connectivity index is 1.69. The monoisotopic (exact) mass is 322 g/mol. The molecule has 1 N–H and O–H groups in total. The van der Waals surface area contributed by atoms with Crippen LogP contribution in [0, 0.1) is 5.92 Å². The largest absolute Gasteiger partial charge is 0.320 e. The molecule has 0 aliphatic carbocycles. The summed E-state index contributed by atoms with van der Waals surface area (Å²) in [6, 6.07) is 7.12. The topological polar surface area (TPSA) is 33.1 Å². The van der Waals surface area contributed by atoms with Crippen molar-refractivity contribution < 1.29 is 8.78 Å². The van der Waals surface area contributed by atoms with Gasteiger partial charge in [0.2, 0.25) is 0 Å². The Morgan fingerprint density at radius 2 is 2.00 bits per heavy atom. The van der Waals surface area contributed by atoms with Gasteiger partial charge in [0, 0.05) is 0 Å². The molecule has 0 spiro atoms. The van der Waals surface area contributed by atoms with E-state index >= 15 is 0 Å². The molecule has 0 radical (unpaired) electrons. The van der Waals surface area contributed by atoms with E-state index in [1.807, 2.05) is 13.1 Å². The van der Waals surface area contributed by atoms with Crippen LogP contribution in [0.2, 0.25) is 0 Å². The molecule has 23 heavy (non-hydrogen) atoms. The summed E-state index contributed by atoms with van der Waals surface area (Å²) in [5.74, 6) is 1.21. The maximum absolute atomic E-state index is 13.4. The number of hydrogen-bond donors (Lipinski definition) is 1. The van der Waals surface area contributed by atoms with Crippen molar-refractivity contribution >= 4 is 11.0 Å². The number of nitrogens with one attached hydrogen (secondary N) is 1. The fourth-order valence-corrected chi connectivity index (χ4v) is 3.41. The van der Waals surface area contributed by atoms with Crippen molar-refractivity contribution in [3.05, 3.63) is 30.1 Å². The average Bonchev–Trinajstić information content (AvgIpc) is 2.92. The molecule has 0 unspecified atom stereocenters. The Bertz CT molecular complexity index is 633. The third-order valence-corrected chi connectivity index (χ3v) is 4.74. The number of nitrogens with zero attached hydrogens (tertiary/aromatic N) is 3. The molecule has 2 heterocycles. The molecule has 0 atom stereocenters. The van der Waals surface area contributed by atoms with Crippen molar-refractivity contribution in [1.29, 1.82) is 0 Å². The van der Waals surface area contributed by atoms with Crippen molar-refractivity contribution in [1.82, 2.24) is 19.8 Å². The summed E-state index contributed by atoms with van der Waals surface area (Å²) in [6.45, 7) is 0.913. The smallest absolute Gasteiger partial charge is 0.320 e. The van der Waals surface area contributed by atoms with Gasteiger partial charge in [0.05, 0.1) is 17.6 Å². The lowest BCUT2D eigenvalue weighted by Crippen LogP contribution is -2.34. The van der Waals surface area contributed by atoms with Crippen LogP contribution in [0.4, 0.5) is 8.78 Å². The molecule has 3 rings (SSSR count). The van der Waals surface area contributed by atoms with Crippen LogP contribution in [0.15, 0.2) is 24.3 Å². The first-order valence-corrected chi connectivity index (χ1v) is 8.30. The fourth-order valence-electron chi connectivity index (χ4n) is 3.41. The molecule has 4 nitrogen and oxygen atoms in total. The van der Waals surface area contributed by atoms with Gasteiger partial charge in [0.1, 0.15) is 5.82 Å². The van der Waals surface area contributed by atoms with E-state index in [0.717, 1.165) is 43.0 Å². The van der Waals surface area contributed by atoms with Gasteiger partial charge in [-0.15, -0.1) is 0 Å². The molecule has 1 aliphatic heterocycles. The number of imidazole rings is 1. The number of benzene rings is 1. The van der Waals surface area contributed by atoms with Crippen molar-refractivity contribution in [3.63, 3.8) is 0 Å². The van der Waals surface area contributed by atoms with Crippen molar-refractivity contribution in [2.24, 2.45) is 5.92 Å². The zero-order chi connectivity index (χ0) is 16.2. The molecule has 1 fully saturated rings. The zero-order valence-corrected chi connectivity index (χ0v) is 13.5. The second-order valence-electron chi connectivity index (χ2n) is 6.28. The minimum Gasteiger partial charge on any atom is -0.320 e. The predicted octanol–water partition coefficient (Wildman–Crippen LogP) is 3.25. The van der Waals surface area contributed by atoms with Gasteiger partial charge in [-0.25, -0.2) is 4.98 Å². The van der Waals surface area contributed by atoms with Crippen LogP contribution < -0.4 is 5.32 Å². The number of fused-ring (bicyclic) bond motifs is 1. The summed E-state index contributed by atoms with van der Waals surface area (Å²) in [5.41, 5.74) is 1.16. The number of alkyl halides is 2. The minimum absolute atomic E-state index is 0.467. The molecule has 6 heteroatoms. The van der Waals surface area contributed by atoms with Crippen molar-refractivity contribution in [2.45, 2.75) is 32.4 Å². The number of rotatable bonds is 6. The Morgan fingerprint density at radius 1 is 1.26 bits per heavy atom. The normalized spacial score (nSPS) is 17.4. The third kappa shape index (κ3) is 3.70. The van der Waals surface area contributed by atoms with Gasteiger partial charge in [-0.1, -0.05) is 12.1 Å². The average molecular weight is 322 g/mol. The van der Waals surface area contributed by atoms with E-state index in [1.165, 1.54) is 6.42 Å².